The predicted octanol–water partition coefficient (Wildman–Crippen LogP) is 0.570. The molecule has 0 saturated carbocycles. The molecule has 1 aliphatic rings. The molecule has 1 fully saturated rings. The molecule has 1 saturated heterocycles. The van der Waals surface area contributed by atoms with Crippen molar-refractivity contribution in [2.45, 2.75) is 12.8 Å². The topological polar surface area (TPSA) is 136 Å². The highest BCUT2D eigenvalue weighted by atomic mass is 16.5. The molecule has 3 rings (SSSR count). The van der Waals surface area contributed by atoms with E-state index in [1.807, 2.05) is 0 Å². The van der Waals surface area contributed by atoms with Crippen molar-refractivity contribution in [1.29, 1.82) is 0 Å². The molecule has 2 aromatic rings. The molecule has 12 heteroatoms. The molecule has 0 aromatic carbocycles. The quantitative estimate of drug-likeness (QED) is 0.416. The maximum absolute atomic E-state index is 12.8. The van der Waals surface area contributed by atoms with Crippen LogP contribution in [-0.4, -0.2) is 84.2 Å². The number of aromatic nitrogens is 2. The summed E-state index contributed by atoms with van der Waals surface area (Å²) in [6.07, 6.45) is 3.21. The Balaban J connectivity index is 1.53. The first-order valence-corrected chi connectivity index (χ1v) is 11.4. The van der Waals surface area contributed by atoms with Crippen LogP contribution in [0.1, 0.15) is 33.8 Å². The maximum Gasteiger partial charge on any atom is 0.306 e. The Bertz CT molecular complexity index is 1070. The number of aryl methyl sites for hydroxylation is 2. The molecule has 190 valence electrons. The number of carbonyl (C=O) groups is 4. The van der Waals surface area contributed by atoms with Gasteiger partial charge in [-0.15, -0.1) is 0 Å². The number of hydrogen-bond acceptors (Lipinski definition) is 7. The number of nitrogens with zero attached hydrogens (tertiary/aromatic N) is 3. The van der Waals surface area contributed by atoms with Crippen molar-refractivity contribution in [1.82, 2.24) is 19.4 Å². The Labute approximate surface area is 203 Å². The first-order chi connectivity index (χ1) is 16.8. The van der Waals surface area contributed by atoms with E-state index in [2.05, 4.69) is 25.6 Å². The molecule has 0 bridgehead atoms. The van der Waals surface area contributed by atoms with Gasteiger partial charge < -0.3 is 34.6 Å². The minimum atomic E-state index is -0.471. The van der Waals surface area contributed by atoms with Crippen molar-refractivity contribution in [2.75, 3.05) is 57.1 Å². The standard InChI is InChI=1S/C23H32N6O6/c1-27-15-17(13-18(27)22(32)24-6-7-29-8-10-35-11-9-29)26-23(33)19-12-16(14-28(19)2)25-20(30)4-5-21(31)34-3/h12-15H,4-11H2,1-3H3,(H,24,32)(H,25,30)(H,26,33). The third-order valence-corrected chi connectivity index (χ3v) is 5.62. The van der Waals surface area contributed by atoms with Crippen molar-refractivity contribution in [3.63, 3.8) is 0 Å². The lowest BCUT2D eigenvalue weighted by molar-refractivity contribution is -0.141. The molecule has 0 unspecified atom stereocenters. The Kier molecular flexibility index (Phi) is 9.04. The molecule has 12 nitrogen and oxygen atoms in total. The van der Waals surface area contributed by atoms with Gasteiger partial charge >= 0.3 is 5.97 Å². The number of methoxy groups -OCH3 is 1. The Hall–Kier alpha value is -3.64. The first-order valence-electron chi connectivity index (χ1n) is 11.4. The number of ether oxygens (including phenoxy) is 2. The highest BCUT2D eigenvalue weighted by Crippen LogP contribution is 2.18. The second-order valence-electron chi connectivity index (χ2n) is 8.24. The van der Waals surface area contributed by atoms with E-state index in [0.717, 1.165) is 19.6 Å². The van der Waals surface area contributed by atoms with E-state index in [1.165, 1.54) is 13.2 Å². The number of nitrogens with one attached hydrogen (secondary N) is 3. The zero-order valence-electron chi connectivity index (χ0n) is 20.3. The SMILES string of the molecule is COC(=O)CCC(=O)Nc1cc(C(=O)Nc2cc(C(=O)NCCN3CCOCC3)n(C)c2)n(C)c1. The van der Waals surface area contributed by atoms with E-state index in [-0.39, 0.29) is 24.7 Å². The summed E-state index contributed by atoms with van der Waals surface area (Å²) in [5.74, 6) is -1.45. The second kappa shape index (κ2) is 12.2. The summed E-state index contributed by atoms with van der Waals surface area (Å²) in [6.45, 7) is 4.39. The van der Waals surface area contributed by atoms with Crippen LogP contribution in [0, 0.1) is 0 Å². The van der Waals surface area contributed by atoms with Crippen LogP contribution in [0.3, 0.4) is 0 Å². The summed E-state index contributed by atoms with van der Waals surface area (Å²) in [5.41, 5.74) is 1.64. The molecular formula is C23H32N6O6. The summed E-state index contributed by atoms with van der Waals surface area (Å²) >= 11 is 0. The molecular weight excluding hydrogens is 456 g/mol. The van der Waals surface area contributed by atoms with Crippen molar-refractivity contribution < 1.29 is 28.7 Å². The van der Waals surface area contributed by atoms with Crippen molar-refractivity contribution >= 4 is 35.1 Å². The van der Waals surface area contributed by atoms with E-state index < -0.39 is 11.9 Å². The second-order valence-corrected chi connectivity index (χ2v) is 8.24. The minimum Gasteiger partial charge on any atom is -0.469 e. The summed E-state index contributed by atoms with van der Waals surface area (Å²) in [6, 6.07) is 3.15. The number of morpholine rings is 1. The number of anilines is 2. The van der Waals surface area contributed by atoms with Gasteiger partial charge in [0.15, 0.2) is 0 Å². The number of amides is 3. The van der Waals surface area contributed by atoms with Crippen LogP contribution in [-0.2, 0) is 33.2 Å². The van der Waals surface area contributed by atoms with Crippen molar-refractivity contribution in [2.24, 2.45) is 14.1 Å². The number of carbonyl (C=O) groups excluding carboxylic acids is 4. The number of esters is 1. The molecule has 3 heterocycles. The van der Waals surface area contributed by atoms with Crippen LogP contribution in [0.25, 0.3) is 0 Å². The average molecular weight is 489 g/mol. The van der Waals surface area contributed by atoms with Crippen LogP contribution < -0.4 is 16.0 Å². The lowest BCUT2D eigenvalue weighted by Gasteiger charge is -2.26. The summed E-state index contributed by atoms with van der Waals surface area (Å²) in [5, 5.41) is 8.35. The molecule has 0 radical (unpaired) electrons. The summed E-state index contributed by atoms with van der Waals surface area (Å²) < 4.78 is 13.1. The highest BCUT2D eigenvalue weighted by Gasteiger charge is 2.18. The predicted molar refractivity (Wildman–Crippen MR) is 128 cm³/mol. The Morgan fingerprint density at radius 1 is 0.914 bits per heavy atom. The van der Waals surface area contributed by atoms with E-state index >= 15 is 0 Å². The smallest absolute Gasteiger partial charge is 0.306 e. The van der Waals surface area contributed by atoms with Crippen LogP contribution in [0.15, 0.2) is 24.5 Å². The number of rotatable bonds is 10. The molecule has 0 aliphatic carbocycles. The number of hydrogen-bond donors (Lipinski definition) is 3. The summed E-state index contributed by atoms with van der Waals surface area (Å²) in [4.78, 5) is 50.8. The van der Waals surface area contributed by atoms with Gasteiger partial charge in [-0.2, -0.15) is 0 Å². The molecule has 2 aromatic heterocycles. The van der Waals surface area contributed by atoms with Gasteiger partial charge in [0.1, 0.15) is 11.4 Å². The zero-order valence-corrected chi connectivity index (χ0v) is 20.3. The van der Waals surface area contributed by atoms with E-state index in [4.69, 9.17) is 4.74 Å². The fourth-order valence-corrected chi connectivity index (χ4v) is 3.70. The monoisotopic (exact) mass is 488 g/mol. The van der Waals surface area contributed by atoms with Crippen LogP contribution in [0.4, 0.5) is 11.4 Å². The average Bonchev–Trinajstić information content (AvgIpc) is 3.39. The molecule has 0 atom stereocenters. The summed E-state index contributed by atoms with van der Waals surface area (Å²) in [7, 11) is 4.67. The van der Waals surface area contributed by atoms with Crippen LogP contribution >= 0.6 is 0 Å². The largest absolute Gasteiger partial charge is 0.469 e. The van der Waals surface area contributed by atoms with Gasteiger partial charge in [-0.3, -0.25) is 24.1 Å². The normalized spacial score (nSPS) is 13.8. The molecule has 1 aliphatic heterocycles. The third-order valence-electron chi connectivity index (χ3n) is 5.62. The fraction of sp³-hybridized carbons (Fsp3) is 0.478. The highest BCUT2D eigenvalue weighted by molar-refractivity contribution is 6.05. The van der Waals surface area contributed by atoms with Gasteiger partial charge in [-0.1, -0.05) is 0 Å². The lowest BCUT2D eigenvalue weighted by Crippen LogP contribution is -2.41. The van der Waals surface area contributed by atoms with Crippen LogP contribution in [0.2, 0.25) is 0 Å². The van der Waals surface area contributed by atoms with Gasteiger partial charge in [0.2, 0.25) is 5.91 Å². The van der Waals surface area contributed by atoms with E-state index in [9.17, 15) is 19.2 Å². The Morgan fingerprint density at radius 3 is 2.14 bits per heavy atom. The van der Waals surface area contributed by atoms with Gasteiger partial charge in [0.05, 0.1) is 38.1 Å². The Morgan fingerprint density at radius 2 is 1.51 bits per heavy atom. The van der Waals surface area contributed by atoms with E-state index in [0.29, 0.717) is 42.5 Å². The molecule has 3 amide bonds. The first kappa shape index (κ1) is 26.0. The molecule has 35 heavy (non-hydrogen) atoms. The van der Waals surface area contributed by atoms with Gasteiger partial charge in [-0.25, -0.2) is 0 Å². The molecule has 0 spiro atoms. The lowest BCUT2D eigenvalue weighted by atomic mass is 10.3. The third kappa shape index (κ3) is 7.42. The van der Waals surface area contributed by atoms with Crippen LogP contribution in [0.5, 0.6) is 0 Å². The fourth-order valence-electron chi connectivity index (χ4n) is 3.70. The zero-order chi connectivity index (χ0) is 25.4. The van der Waals surface area contributed by atoms with Crippen molar-refractivity contribution in [3.8, 4) is 0 Å². The minimum absolute atomic E-state index is 0.0234. The maximum atomic E-state index is 12.8. The van der Waals surface area contributed by atoms with Gasteiger partial charge in [-0.05, 0) is 12.1 Å². The molecule has 3 N–H and O–H groups in total. The van der Waals surface area contributed by atoms with Crippen molar-refractivity contribution in [3.05, 3.63) is 35.9 Å². The van der Waals surface area contributed by atoms with Gasteiger partial charge in [0, 0.05) is 59.1 Å². The van der Waals surface area contributed by atoms with E-state index in [1.54, 1.807) is 41.7 Å². The van der Waals surface area contributed by atoms with Gasteiger partial charge in [0.25, 0.3) is 11.8 Å².